The van der Waals surface area contributed by atoms with Crippen molar-refractivity contribution >= 4 is 23.2 Å². The van der Waals surface area contributed by atoms with Crippen molar-refractivity contribution in [2.45, 2.75) is 54.3 Å². The largest absolute Gasteiger partial charge is 0.461 e. The number of hydrogen-bond donors (Lipinski definition) is 0. The highest BCUT2D eigenvalue weighted by Crippen LogP contribution is 2.26. The molecule has 0 saturated carbocycles. The highest BCUT2D eigenvalue weighted by molar-refractivity contribution is 6.30. The van der Waals surface area contributed by atoms with E-state index in [1.54, 1.807) is 30.6 Å². The van der Waals surface area contributed by atoms with Gasteiger partial charge in [-0.05, 0) is 24.3 Å². The first-order valence-electron chi connectivity index (χ1n) is 10.0. The summed E-state index contributed by atoms with van der Waals surface area (Å²) in [5, 5.41) is 8.46. The van der Waals surface area contributed by atoms with Crippen LogP contribution in [0.4, 0.5) is 0 Å². The summed E-state index contributed by atoms with van der Waals surface area (Å²) in [4.78, 5) is 31.6. The van der Waals surface area contributed by atoms with Gasteiger partial charge in [-0.15, -0.1) is 0 Å². The maximum absolute atomic E-state index is 12.5. The Labute approximate surface area is 192 Å². The minimum absolute atomic E-state index is 0.0852. The van der Waals surface area contributed by atoms with Gasteiger partial charge in [0, 0.05) is 15.9 Å². The number of hydrogen-bond acceptors (Lipinski definition) is 7. The third kappa shape index (κ3) is 7.56. The maximum atomic E-state index is 12.5. The standard InChI is InChI=1S/C14H16ClN3O2.C8H13N3O/c1-14(2,3)12(19)13(18-9-16-8-17-18)20-11-6-4-10(15)5-7-11;1-8(2,3)7(12)4-11-6-9-5-10-11/h4-9,13H,1-3H3;5-6H,4H2,1-3H3. The lowest BCUT2D eigenvalue weighted by molar-refractivity contribution is -0.138. The lowest BCUT2D eigenvalue weighted by Gasteiger charge is -2.25. The molecule has 2 aromatic heterocycles. The molecule has 32 heavy (non-hydrogen) atoms. The van der Waals surface area contributed by atoms with Gasteiger partial charge in [0.05, 0.1) is 0 Å². The van der Waals surface area contributed by atoms with Crippen LogP contribution >= 0.6 is 11.6 Å². The van der Waals surface area contributed by atoms with Gasteiger partial charge in [0.25, 0.3) is 6.23 Å². The molecule has 0 bridgehead atoms. The lowest BCUT2D eigenvalue weighted by atomic mass is 9.90. The van der Waals surface area contributed by atoms with Gasteiger partial charge >= 0.3 is 0 Å². The van der Waals surface area contributed by atoms with Gasteiger partial charge in [-0.25, -0.2) is 19.3 Å². The molecule has 0 radical (unpaired) electrons. The van der Waals surface area contributed by atoms with Gasteiger partial charge in [-0.3, -0.25) is 9.59 Å². The Hall–Kier alpha value is -3.07. The van der Waals surface area contributed by atoms with Crippen LogP contribution < -0.4 is 4.74 Å². The number of carbonyl (C=O) groups is 2. The highest BCUT2D eigenvalue weighted by atomic mass is 35.5. The first-order chi connectivity index (χ1) is 14.9. The second kappa shape index (κ2) is 10.5. The summed E-state index contributed by atoms with van der Waals surface area (Å²) in [5.74, 6) is 0.624. The minimum Gasteiger partial charge on any atom is -0.461 e. The number of Topliss-reactive ketones (excluding diaryl/α,β-unsaturated/α-hetero) is 2. The fourth-order valence-electron chi connectivity index (χ4n) is 2.28. The second-order valence-corrected chi connectivity index (χ2v) is 9.62. The lowest BCUT2D eigenvalue weighted by Crippen LogP contribution is -2.34. The number of ketones is 2. The van der Waals surface area contributed by atoms with E-state index < -0.39 is 11.6 Å². The van der Waals surface area contributed by atoms with Crippen LogP contribution in [-0.2, 0) is 16.1 Å². The molecule has 0 aliphatic heterocycles. The van der Waals surface area contributed by atoms with Crippen molar-refractivity contribution in [1.82, 2.24) is 29.5 Å². The highest BCUT2D eigenvalue weighted by Gasteiger charge is 2.33. The van der Waals surface area contributed by atoms with E-state index >= 15 is 0 Å². The molecule has 0 spiro atoms. The van der Waals surface area contributed by atoms with Crippen molar-refractivity contribution in [3.63, 3.8) is 0 Å². The number of aromatic nitrogens is 6. The Kier molecular flexibility index (Phi) is 8.26. The third-order valence-corrected chi connectivity index (χ3v) is 4.56. The predicted molar refractivity (Wildman–Crippen MR) is 120 cm³/mol. The summed E-state index contributed by atoms with van der Waals surface area (Å²) in [5.41, 5.74) is -0.852. The molecule has 2 heterocycles. The molecule has 0 aliphatic carbocycles. The molecule has 0 N–H and O–H groups in total. The molecule has 10 heteroatoms. The molecule has 3 rings (SSSR count). The van der Waals surface area contributed by atoms with Gasteiger partial charge in [-0.1, -0.05) is 53.1 Å². The van der Waals surface area contributed by atoms with Crippen molar-refractivity contribution in [3.05, 3.63) is 54.6 Å². The number of carbonyl (C=O) groups excluding carboxylic acids is 2. The Bertz CT molecular complexity index is 988. The molecule has 3 aromatic rings. The normalized spacial score (nSPS) is 12.5. The topological polar surface area (TPSA) is 105 Å². The van der Waals surface area contributed by atoms with E-state index in [1.165, 1.54) is 28.3 Å². The van der Waals surface area contributed by atoms with Gasteiger partial charge in [-0.2, -0.15) is 10.2 Å². The summed E-state index contributed by atoms with van der Waals surface area (Å²) < 4.78 is 8.69. The first kappa shape index (κ1) is 25.2. The van der Waals surface area contributed by atoms with E-state index in [0.29, 0.717) is 17.3 Å². The molecular weight excluding hydrogens is 432 g/mol. The third-order valence-electron chi connectivity index (χ3n) is 4.31. The average Bonchev–Trinajstić information content (AvgIpc) is 3.40. The number of ether oxygens (including phenoxy) is 1. The van der Waals surface area contributed by atoms with Crippen molar-refractivity contribution in [2.24, 2.45) is 10.8 Å². The van der Waals surface area contributed by atoms with Crippen LogP contribution in [0, 0.1) is 10.8 Å². The maximum Gasteiger partial charge on any atom is 0.252 e. The van der Waals surface area contributed by atoms with Crippen molar-refractivity contribution in [2.75, 3.05) is 0 Å². The molecule has 172 valence electrons. The molecular formula is C22H29ClN6O3. The van der Waals surface area contributed by atoms with Crippen LogP contribution in [0.25, 0.3) is 0 Å². The van der Waals surface area contributed by atoms with E-state index in [-0.39, 0.29) is 17.0 Å². The Balaban J connectivity index is 0.000000258. The number of halogens is 1. The van der Waals surface area contributed by atoms with Gasteiger partial charge in [0.2, 0.25) is 5.78 Å². The number of benzene rings is 1. The molecule has 1 atom stereocenters. The molecule has 1 aromatic carbocycles. The Morgan fingerprint density at radius 1 is 0.938 bits per heavy atom. The van der Waals surface area contributed by atoms with Crippen LogP contribution in [0.5, 0.6) is 5.75 Å². The van der Waals surface area contributed by atoms with Gasteiger partial charge in [0.15, 0.2) is 5.78 Å². The van der Waals surface area contributed by atoms with Crippen LogP contribution in [0.15, 0.2) is 49.6 Å². The molecule has 9 nitrogen and oxygen atoms in total. The fourth-order valence-corrected chi connectivity index (χ4v) is 2.40. The summed E-state index contributed by atoms with van der Waals surface area (Å²) in [6, 6.07) is 6.83. The average molecular weight is 461 g/mol. The Morgan fingerprint density at radius 3 is 2.00 bits per heavy atom. The van der Waals surface area contributed by atoms with Crippen LogP contribution in [-0.4, -0.2) is 41.1 Å². The van der Waals surface area contributed by atoms with Crippen molar-refractivity contribution in [3.8, 4) is 5.75 Å². The summed E-state index contributed by atoms with van der Waals surface area (Å²) in [7, 11) is 0. The monoisotopic (exact) mass is 460 g/mol. The molecule has 0 aliphatic rings. The zero-order chi connectivity index (χ0) is 23.9. The zero-order valence-corrected chi connectivity index (χ0v) is 19.9. The summed E-state index contributed by atoms with van der Waals surface area (Å²) >= 11 is 5.83. The van der Waals surface area contributed by atoms with Crippen molar-refractivity contribution in [1.29, 1.82) is 0 Å². The molecule has 1 unspecified atom stereocenters. The van der Waals surface area contributed by atoms with Gasteiger partial charge < -0.3 is 4.74 Å². The van der Waals surface area contributed by atoms with E-state index in [1.807, 2.05) is 41.5 Å². The quantitative estimate of drug-likeness (QED) is 0.547. The van der Waals surface area contributed by atoms with Crippen LogP contribution in [0.2, 0.25) is 5.02 Å². The predicted octanol–water partition coefficient (Wildman–Crippen LogP) is 4.02. The number of nitrogens with zero attached hydrogens (tertiary/aromatic N) is 6. The molecule has 0 fully saturated rings. The van der Waals surface area contributed by atoms with Crippen LogP contribution in [0.3, 0.4) is 0 Å². The first-order valence-corrected chi connectivity index (χ1v) is 10.4. The SMILES string of the molecule is CC(C)(C)C(=O)C(Oc1ccc(Cl)cc1)n1cncn1.CC(C)(C)C(=O)Cn1cncn1. The van der Waals surface area contributed by atoms with E-state index in [0.717, 1.165) is 0 Å². The van der Waals surface area contributed by atoms with E-state index in [9.17, 15) is 9.59 Å². The van der Waals surface area contributed by atoms with E-state index in [2.05, 4.69) is 20.2 Å². The molecule has 0 saturated heterocycles. The van der Waals surface area contributed by atoms with Crippen LogP contribution in [0.1, 0.15) is 47.8 Å². The summed E-state index contributed by atoms with van der Waals surface area (Å²) in [6.07, 6.45) is 4.96. The minimum atomic E-state index is -0.848. The second-order valence-electron chi connectivity index (χ2n) is 9.18. The Morgan fingerprint density at radius 2 is 1.53 bits per heavy atom. The fraction of sp³-hybridized carbons (Fsp3) is 0.455. The molecule has 0 amide bonds. The zero-order valence-electron chi connectivity index (χ0n) is 19.2. The van der Waals surface area contributed by atoms with Crippen molar-refractivity contribution < 1.29 is 14.3 Å². The van der Waals surface area contributed by atoms with Gasteiger partial charge in [0.1, 0.15) is 37.6 Å². The number of rotatable bonds is 6. The summed E-state index contributed by atoms with van der Waals surface area (Å²) in [6.45, 7) is 11.5. The smallest absolute Gasteiger partial charge is 0.252 e. The van der Waals surface area contributed by atoms with E-state index in [4.69, 9.17) is 16.3 Å².